The van der Waals surface area contributed by atoms with Crippen LogP contribution in [0.15, 0.2) is 59.1 Å². The Morgan fingerprint density at radius 2 is 1.87 bits per heavy atom. The average molecular weight is 436 g/mol. The maximum absolute atomic E-state index is 12.4. The first kappa shape index (κ1) is 20.3. The molecule has 0 saturated heterocycles. The second-order valence-corrected chi connectivity index (χ2v) is 8.78. The van der Waals surface area contributed by atoms with E-state index in [2.05, 4.69) is 58.6 Å². The lowest BCUT2D eigenvalue weighted by molar-refractivity contribution is -0.113. The zero-order valence-corrected chi connectivity index (χ0v) is 18.5. The third-order valence-corrected chi connectivity index (χ3v) is 6.20. The van der Waals surface area contributed by atoms with Crippen molar-refractivity contribution in [3.8, 4) is 17.1 Å². The number of aryl methyl sites for hydroxylation is 3. The van der Waals surface area contributed by atoms with Crippen molar-refractivity contribution in [1.82, 2.24) is 19.7 Å². The zero-order chi connectivity index (χ0) is 21.1. The molecule has 0 fully saturated rings. The summed E-state index contributed by atoms with van der Waals surface area (Å²) in [4.78, 5) is 16.7. The summed E-state index contributed by atoms with van der Waals surface area (Å²) in [6.45, 7) is 6.01. The molecule has 6 nitrogen and oxygen atoms in total. The van der Waals surface area contributed by atoms with Gasteiger partial charge in [0.25, 0.3) is 0 Å². The summed E-state index contributed by atoms with van der Waals surface area (Å²) in [5.41, 5.74) is 5.16. The Morgan fingerprint density at radius 1 is 1.07 bits per heavy atom. The van der Waals surface area contributed by atoms with Crippen LogP contribution in [0.3, 0.4) is 0 Å². The van der Waals surface area contributed by atoms with E-state index in [0.717, 1.165) is 28.3 Å². The number of hydrogen-bond acceptors (Lipinski definition) is 6. The average Bonchev–Trinajstić information content (AvgIpc) is 3.33. The van der Waals surface area contributed by atoms with Crippen LogP contribution in [0, 0.1) is 20.8 Å². The molecule has 30 heavy (non-hydrogen) atoms. The van der Waals surface area contributed by atoms with E-state index in [0.29, 0.717) is 10.3 Å². The number of nitrogens with zero attached hydrogens (tertiary/aromatic N) is 4. The number of anilines is 1. The number of amides is 1. The standard InChI is InChI=1S/C22H21N5OS2/c1-14-7-9-18(10-8-14)27-20(17-6-4-5-15(2)11-17)25-26-22(27)30-13-19(28)24-21-23-16(3)12-29-21/h4-12H,13H2,1-3H3,(H,23,24,28). The molecule has 0 spiro atoms. The fraction of sp³-hybridized carbons (Fsp3) is 0.182. The SMILES string of the molecule is Cc1ccc(-n2c(SCC(=O)Nc3nc(C)cs3)nnc2-c2cccc(C)c2)cc1. The van der Waals surface area contributed by atoms with Crippen molar-refractivity contribution in [3.63, 3.8) is 0 Å². The van der Waals surface area contributed by atoms with Crippen LogP contribution in [0.25, 0.3) is 17.1 Å². The largest absolute Gasteiger partial charge is 0.301 e. The van der Waals surface area contributed by atoms with Gasteiger partial charge in [-0.2, -0.15) is 0 Å². The third-order valence-electron chi connectivity index (χ3n) is 4.40. The van der Waals surface area contributed by atoms with Crippen LogP contribution < -0.4 is 5.32 Å². The number of thioether (sulfide) groups is 1. The van der Waals surface area contributed by atoms with Gasteiger partial charge in [-0.3, -0.25) is 9.36 Å². The predicted octanol–water partition coefficient (Wildman–Crippen LogP) is 5.05. The molecule has 4 rings (SSSR count). The molecule has 0 aliphatic rings. The van der Waals surface area contributed by atoms with Crippen LogP contribution in [-0.4, -0.2) is 31.4 Å². The molecular weight excluding hydrogens is 414 g/mol. The number of hydrogen-bond donors (Lipinski definition) is 1. The molecule has 152 valence electrons. The van der Waals surface area contributed by atoms with Crippen molar-refractivity contribution in [2.75, 3.05) is 11.1 Å². The van der Waals surface area contributed by atoms with Gasteiger partial charge in [0.2, 0.25) is 5.91 Å². The number of carbonyl (C=O) groups excluding carboxylic acids is 1. The zero-order valence-electron chi connectivity index (χ0n) is 16.9. The van der Waals surface area contributed by atoms with Crippen molar-refractivity contribution in [2.45, 2.75) is 25.9 Å². The highest BCUT2D eigenvalue weighted by molar-refractivity contribution is 7.99. The van der Waals surface area contributed by atoms with Gasteiger partial charge in [-0.25, -0.2) is 4.98 Å². The van der Waals surface area contributed by atoms with Crippen molar-refractivity contribution in [1.29, 1.82) is 0 Å². The second kappa shape index (κ2) is 8.81. The van der Waals surface area contributed by atoms with E-state index in [-0.39, 0.29) is 11.7 Å². The Morgan fingerprint density at radius 3 is 2.57 bits per heavy atom. The lowest BCUT2D eigenvalue weighted by atomic mass is 10.1. The lowest BCUT2D eigenvalue weighted by Crippen LogP contribution is -2.14. The van der Waals surface area contributed by atoms with E-state index in [1.54, 1.807) is 0 Å². The predicted molar refractivity (Wildman–Crippen MR) is 122 cm³/mol. The summed E-state index contributed by atoms with van der Waals surface area (Å²) in [6, 6.07) is 16.4. The van der Waals surface area contributed by atoms with E-state index in [4.69, 9.17) is 0 Å². The van der Waals surface area contributed by atoms with Gasteiger partial charge in [-0.05, 0) is 39.0 Å². The molecule has 0 bridgehead atoms. The molecule has 2 aromatic heterocycles. The van der Waals surface area contributed by atoms with E-state index in [1.807, 2.05) is 41.1 Å². The molecule has 0 aliphatic heterocycles. The van der Waals surface area contributed by atoms with E-state index < -0.39 is 0 Å². The number of rotatable bonds is 6. The van der Waals surface area contributed by atoms with Gasteiger partial charge in [0.15, 0.2) is 16.1 Å². The summed E-state index contributed by atoms with van der Waals surface area (Å²) < 4.78 is 2.00. The van der Waals surface area contributed by atoms with Crippen LogP contribution in [-0.2, 0) is 4.79 Å². The molecule has 1 N–H and O–H groups in total. The summed E-state index contributed by atoms with van der Waals surface area (Å²) in [6.07, 6.45) is 0. The molecule has 0 aliphatic carbocycles. The molecule has 2 heterocycles. The number of aromatic nitrogens is 4. The lowest BCUT2D eigenvalue weighted by Gasteiger charge is -2.11. The monoisotopic (exact) mass is 435 g/mol. The normalized spacial score (nSPS) is 10.9. The Kier molecular flexibility index (Phi) is 5.96. The quantitative estimate of drug-likeness (QED) is 0.429. The molecule has 0 unspecified atom stereocenters. The maximum Gasteiger partial charge on any atom is 0.236 e. The number of nitrogens with one attached hydrogen (secondary N) is 1. The van der Waals surface area contributed by atoms with Gasteiger partial charge in [0, 0.05) is 16.6 Å². The Labute approximate surface area is 183 Å². The maximum atomic E-state index is 12.4. The highest BCUT2D eigenvalue weighted by Gasteiger charge is 2.18. The fourth-order valence-corrected chi connectivity index (χ4v) is 4.41. The summed E-state index contributed by atoms with van der Waals surface area (Å²) >= 11 is 2.77. The Hall–Kier alpha value is -2.97. The second-order valence-electron chi connectivity index (χ2n) is 6.98. The molecule has 4 aromatic rings. The third kappa shape index (κ3) is 4.60. The highest BCUT2D eigenvalue weighted by Crippen LogP contribution is 2.28. The molecule has 0 radical (unpaired) electrons. The Balaban J connectivity index is 1.62. The fourth-order valence-electron chi connectivity index (χ4n) is 2.96. The van der Waals surface area contributed by atoms with Crippen molar-refractivity contribution >= 4 is 34.1 Å². The minimum absolute atomic E-state index is 0.120. The molecule has 1 amide bonds. The molecule has 8 heteroatoms. The molecule has 2 aromatic carbocycles. The summed E-state index contributed by atoms with van der Waals surface area (Å²) in [5.74, 6) is 0.849. The van der Waals surface area contributed by atoms with Crippen LogP contribution in [0.4, 0.5) is 5.13 Å². The van der Waals surface area contributed by atoms with Crippen LogP contribution in [0.2, 0.25) is 0 Å². The highest BCUT2D eigenvalue weighted by atomic mass is 32.2. The minimum Gasteiger partial charge on any atom is -0.301 e. The Bertz CT molecular complexity index is 1180. The van der Waals surface area contributed by atoms with E-state index >= 15 is 0 Å². The van der Waals surface area contributed by atoms with Gasteiger partial charge < -0.3 is 5.32 Å². The van der Waals surface area contributed by atoms with Gasteiger partial charge in [-0.1, -0.05) is 53.2 Å². The van der Waals surface area contributed by atoms with Gasteiger partial charge >= 0.3 is 0 Å². The first-order chi connectivity index (χ1) is 14.5. The van der Waals surface area contributed by atoms with Gasteiger partial charge in [0.05, 0.1) is 11.4 Å². The van der Waals surface area contributed by atoms with E-state index in [9.17, 15) is 4.79 Å². The van der Waals surface area contributed by atoms with Crippen LogP contribution in [0.5, 0.6) is 0 Å². The molecule has 0 saturated carbocycles. The smallest absolute Gasteiger partial charge is 0.236 e. The number of benzene rings is 2. The number of carbonyl (C=O) groups is 1. The van der Waals surface area contributed by atoms with Gasteiger partial charge in [0.1, 0.15) is 0 Å². The van der Waals surface area contributed by atoms with E-state index in [1.165, 1.54) is 28.7 Å². The van der Waals surface area contributed by atoms with Crippen molar-refractivity contribution in [3.05, 3.63) is 70.7 Å². The first-order valence-corrected chi connectivity index (χ1v) is 11.3. The summed E-state index contributed by atoms with van der Waals surface area (Å²) in [7, 11) is 0. The molecule has 0 atom stereocenters. The topological polar surface area (TPSA) is 72.7 Å². The summed E-state index contributed by atoms with van der Waals surface area (Å²) in [5, 5.41) is 14.8. The van der Waals surface area contributed by atoms with Crippen molar-refractivity contribution in [2.24, 2.45) is 0 Å². The van der Waals surface area contributed by atoms with Crippen LogP contribution in [0.1, 0.15) is 16.8 Å². The molecular formula is C22H21N5OS2. The van der Waals surface area contributed by atoms with Crippen LogP contribution >= 0.6 is 23.1 Å². The number of thiazole rings is 1. The van der Waals surface area contributed by atoms with Crippen molar-refractivity contribution < 1.29 is 4.79 Å². The van der Waals surface area contributed by atoms with Gasteiger partial charge in [-0.15, -0.1) is 21.5 Å². The minimum atomic E-state index is -0.120. The first-order valence-electron chi connectivity index (χ1n) is 9.44.